The van der Waals surface area contributed by atoms with Crippen LogP contribution in [-0.4, -0.2) is 25.0 Å². The molecular formula is C10H12ClF2N5O. The van der Waals surface area contributed by atoms with Crippen molar-refractivity contribution in [2.75, 3.05) is 6.61 Å². The molecule has 0 spiro atoms. The predicted molar refractivity (Wildman–Crippen MR) is 70.0 cm³/mol. The summed E-state index contributed by atoms with van der Waals surface area (Å²) in [7, 11) is 0. The smallest absolute Gasteiger partial charge is 0.272 e. The molecule has 104 valence electrons. The second-order valence-corrected chi connectivity index (χ2v) is 3.76. The van der Waals surface area contributed by atoms with E-state index >= 15 is 0 Å². The number of benzene rings is 1. The highest BCUT2D eigenvalue weighted by molar-refractivity contribution is 6.30. The number of nitrogens with two attached hydrogens (primary N) is 3. The van der Waals surface area contributed by atoms with Crippen LogP contribution in [0.15, 0.2) is 28.2 Å². The molecule has 0 atom stereocenters. The van der Waals surface area contributed by atoms with Crippen molar-refractivity contribution >= 4 is 29.2 Å². The van der Waals surface area contributed by atoms with Gasteiger partial charge in [-0.2, -0.15) is 4.99 Å². The van der Waals surface area contributed by atoms with Crippen LogP contribution in [0.3, 0.4) is 0 Å². The van der Waals surface area contributed by atoms with Gasteiger partial charge in [0.15, 0.2) is 5.96 Å². The van der Waals surface area contributed by atoms with Crippen LogP contribution in [0.4, 0.5) is 14.5 Å². The van der Waals surface area contributed by atoms with Crippen LogP contribution in [0, 0.1) is 0 Å². The van der Waals surface area contributed by atoms with Gasteiger partial charge in [-0.25, -0.2) is 13.8 Å². The molecule has 0 unspecified atom stereocenters. The summed E-state index contributed by atoms with van der Waals surface area (Å²) in [4.78, 5) is 7.32. The molecule has 6 nitrogen and oxygen atoms in total. The average molecular weight is 292 g/mol. The quantitative estimate of drug-likeness (QED) is 0.571. The van der Waals surface area contributed by atoms with E-state index < -0.39 is 13.0 Å². The molecule has 0 fully saturated rings. The summed E-state index contributed by atoms with van der Waals surface area (Å²) in [5.74, 6) is -0.430. The Kier molecular flexibility index (Phi) is 5.31. The van der Waals surface area contributed by atoms with Crippen molar-refractivity contribution in [2.45, 2.75) is 6.43 Å². The van der Waals surface area contributed by atoms with Gasteiger partial charge in [0.1, 0.15) is 18.0 Å². The van der Waals surface area contributed by atoms with E-state index in [2.05, 4.69) is 9.98 Å². The van der Waals surface area contributed by atoms with E-state index in [-0.39, 0.29) is 23.4 Å². The van der Waals surface area contributed by atoms with E-state index in [1.165, 1.54) is 18.2 Å². The summed E-state index contributed by atoms with van der Waals surface area (Å²) >= 11 is 5.77. The number of alkyl halides is 2. The molecule has 1 aromatic carbocycles. The first-order valence-corrected chi connectivity index (χ1v) is 5.40. The van der Waals surface area contributed by atoms with Gasteiger partial charge in [-0.1, -0.05) is 11.6 Å². The van der Waals surface area contributed by atoms with Crippen molar-refractivity contribution < 1.29 is 13.5 Å². The highest BCUT2D eigenvalue weighted by Gasteiger charge is 2.08. The summed E-state index contributed by atoms with van der Waals surface area (Å²) < 4.78 is 29.1. The standard InChI is InChI=1S/C10H12ClF2N5O/c11-5-1-2-7(19-4-8(12)13)6(3-5)17-10(16)18-9(14)15/h1-3,8H,4H2,(H6,14,15,16,17,18). The maximum atomic E-state index is 12.1. The Bertz CT molecular complexity index is 503. The van der Waals surface area contributed by atoms with Crippen molar-refractivity contribution in [3.05, 3.63) is 23.2 Å². The summed E-state index contributed by atoms with van der Waals surface area (Å²) in [5.41, 5.74) is 15.8. The lowest BCUT2D eigenvalue weighted by atomic mass is 10.3. The van der Waals surface area contributed by atoms with E-state index in [4.69, 9.17) is 33.5 Å². The van der Waals surface area contributed by atoms with Gasteiger partial charge in [0, 0.05) is 5.02 Å². The molecule has 1 aromatic rings. The summed E-state index contributed by atoms with van der Waals surface area (Å²) in [6.45, 7) is -0.771. The number of aliphatic imine (C=N–C) groups is 2. The molecule has 0 aliphatic rings. The van der Waals surface area contributed by atoms with Crippen LogP contribution in [-0.2, 0) is 0 Å². The van der Waals surface area contributed by atoms with Crippen molar-refractivity contribution in [1.29, 1.82) is 0 Å². The molecule has 0 saturated carbocycles. The molecule has 6 N–H and O–H groups in total. The zero-order valence-electron chi connectivity index (χ0n) is 9.69. The lowest BCUT2D eigenvalue weighted by Crippen LogP contribution is -2.26. The minimum Gasteiger partial charge on any atom is -0.485 e. The fourth-order valence-electron chi connectivity index (χ4n) is 1.13. The highest BCUT2D eigenvalue weighted by Crippen LogP contribution is 2.31. The Morgan fingerprint density at radius 2 is 2.00 bits per heavy atom. The minimum atomic E-state index is -2.61. The molecule has 0 bridgehead atoms. The average Bonchev–Trinajstić information content (AvgIpc) is 2.26. The van der Waals surface area contributed by atoms with Gasteiger partial charge in [0.25, 0.3) is 6.43 Å². The van der Waals surface area contributed by atoms with E-state index in [9.17, 15) is 8.78 Å². The monoisotopic (exact) mass is 291 g/mol. The number of halogens is 3. The molecule has 0 aliphatic heterocycles. The molecule has 0 saturated heterocycles. The van der Waals surface area contributed by atoms with Crippen LogP contribution < -0.4 is 21.9 Å². The lowest BCUT2D eigenvalue weighted by molar-refractivity contribution is 0.0822. The Balaban J connectivity index is 3.03. The predicted octanol–water partition coefficient (Wildman–Crippen LogP) is 1.20. The molecule has 0 aromatic heterocycles. The van der Waals surface area contributed by atoms with Crippen molar-refractivity contribution in [3.8, 4) is 5.75 Å². The summed E-state index contributed by atoms with van der Waals surface area (Å²) in [6.07, 6.45) is -2.61. The van der Waals surface area contributed by atoms with Crippen LogP contribution >= 0.6 is 11.6 Å². The molecule has 19 heavy (non-hydrogen) atoms. The highest BCUT2D eigenvalue weighted by atomic mass is 35.5. The Morgan fingerprint density at radius 3 is 2.58 bits per heavy atom. The largest absolute Gasteiger partial charge is 0.485 e. The van der Waals surface area contributed by atoms with Crippen molar-refractivity contribution in [1.82, 2.24) is 0 Å². The topological polar surface area (TPSA) is 112 Å². The van der Waals surface area contributed by atoms with Crippen molar-refractivity contribution in [2.24, 2.45) is 27.2 Å². The van der Waals surface area contributed by atoms with Crippen LogP contribution in [0.5, 0.6) is 5.75 Å². The van der Waals surface area contributed by atoms with Gasteiger partial charge < -0.3 is 21.9 Å². The summed E-state index contributed by atoms with van der Waals surface area (Å²) in [6, 6.07) is 4.25. The first-order chi connectivity index (χ1) is 8.88. The van der Waals surface area contributed by atoms with Gasteiger partial charge in [0.05, 0.1) is 0 Å². The third-order valence-electron chi connectivity index (χ3n) is 1.76. The second-order valence-electron chi connectivity index (χ2n) is 3.32. The molecule has 0 heterocycles. The third kappa shape index (κ3) is 5.38. The van der Waals surface area contributed by atoms with Crippen LogP contribution in [0.25, 0.3) is 0 Å². The maximum Gasteiger partial charge on any atom is 0.272 e. The number of ether oxygens (including phenoxy) is 1. The number of guanidine groups is 2. The normalized spacial score (nSPS) is 11.5. The van der Waals surface area contributed by atoms with E-state index in [1.54, 1.807) is 0 Å². The lowest BCUT2D eigenvalue weighted by Gasteiger charge is -2.08. The van der Waals surface area contributed by atoms with Gasteiger partial charge in [0.2, 0.25) is 5.96 Å². The molecule has 0 amide bonds. The first-order valence-electron chi connectivity index (χ1n) is 5.02. The molecule has 0 radical (unpaired) electrons. The molecule has 1 rings (SSSR count). The number of rotatable bonds is 4. The fraction of sp³-hybridized carbons (Fsp3) is 0.200. The van der Waals surface area contributed by atoms with E-state index in [0.717, 1.165) is 0 Å². The van der Waals surface area contributed by atoms with Gasteiger partial charge >= 0.3 is 0 Å². The van der Waals surface area contributed by atoms with E-state index in [1.807, 2.05) is 0 Å². The molecular weight excluding hydrogens is 280 g/mol. The first kappa shape index (κ1) is 15.0. The SMILES string of the molecule is NC(N)=NC(N)=Nc1cc(Cl)ccc1OCC(F)F. The van der Waals surface area contributed by atoms with Crippen molar-refractivity contribution in [3.63, 3.8) is 0 Å². The van der Waals surface area contributed by atoms with Crippen LogP contribution in [0.2, 0.25) is 5.02 Å². The zero-order chi connectivity index (χ0) is 14.4. The number of hydrogen-bond donors (Lipinski definition) is 3. The third-order valence-corrected chi connectivity index (χ3v) is 2.00. The number of hydrogen-bond acceptors (Lipinski definition) is 2. The fourth-order valence-corrected chi connectivity index (χ4v) is 1.30. The van der Waals surface area contributed by atoms with E-state index in [0.29, 0.717) is 5.02 Å². The molecule has 0 aliphatic carbocycles. The van der Waals surface area contributed by atoms with Gasteiger partial charge in [-0.15, -0.1) is 0 Å². The summed E-state index contributed by atoms with van der Waals surface area (Å²) in [5, 5.41) is 0.334. The Hall–Kier alpha value is -2.09. The molecule has 9 heteroatoms. The second kappa shape index (κ2) is 6.74. The Morgan fingerprint density at radius 1 is 1.32 bits per heavy atom. The minimum absolute atomic E-state index is 0.0958. The van der Waals surface area contributed by atoms with Gasteiger partial charge in [-0.3, -0.25) is 0 Å². The van der Waals surface area contributed by atoms with Gasteiger partial charge in [-0.05, 0) is 18.2 Å². The zero-order valence-corrected chi connectivity index (χ0v) is 10.4. The maximum absolute atomic E-state index is 12.1. The number of nitrogens with zero attached hydrogens (tertiary/aromatic N) is 2. The Labute approximate surface area is 112 Å². The van der Waals surface area contributed by atoms with Crippen LogP contribution in [0.1, 0.15) is 0 Å².